The van der Waals surface area contributed by atoms with Crippen LogP contribution in [0.15, 0.2) is 23.0 Å². The molecule has 0 aliphatic carbocycles. The summed E-state index contributed by atoms with van der Waals surface area (Å²) in [6, 6.07) is 2.38. The molecule has 3 heterocycles. The van der Waals surface area contributed by atoms with Gasteiger partial charge in [-0.25, -0.2) is 4.98 Å². The Labute approximate surface area is 145 Å². The molecular formula is C16H23N3O2S2. The fourth-order valence-electron chi connectivity index (χ4n) is 2.67. The normalized spacial score (nSPS) is 14.7. The van der Waals surface area contributed by atoms with Crippen LogP contribution in [0.25, 0.3) is 0 Å². The lowest BCUT2D eigenvalue weighted by molar-refractivity contribution is -0.122. The van der Waals surface area contributed by atoms with Crippen LogP contribution in [0.2, 0.25) is 0 Å². The smallest absolute Gasteiger partial charge is 0.290 e. The van der Waals surface area contributed by atoms with E-state index < -0.39 is 0 Å². The first-order valence-electron chi connectivity index (χ1n) is 7.64. The maximum atomic E-state index is 8.36. The molecular weight excluding hydrogens is 330 g/mol. The Balaban J connectivity index is 0.000000595. The molecule has 5 nitrogen and oxygen atoms in total. The third-order valence-electron chi connectivity index (χ3n) is 3.63. The molecule has 23 heavy (non-hydrogen) atoms. The van der Waals surface area contributed by atoms with Gasteiger partial charge in [0.25, 0.3) is 6.47 Å². The number of carbonyl (C=O) groups is 1. The molecule has 0 saturated carbocycles. The van der Waals surface area contributed by atoms with E-state index in [1.807, 2.05) is 22.9 Å². The number of carboxylic acid groups (broad SMARTS) is 1. The fraction of sp³-hybridized carbons (Fsp3) is 0.500. The Morgan fingerprint density at radius 1 is 1.35 bits per heavy atom. The Kier molecular flexibility index (Phi) is 7.67. The average molecular weight is 354 g/mol. The number of likely N-dealkylation sites (tertiary alicyclic amines) is 1. The van der Waals surface area contributed by atoms with Gasteiger partial charge < -0.3 is 5.11 Å². The molecule has 126 valence electrons. The highest BCUT2D eigenvalue weighted by atomic mass is 32.1. The lowest BCUT2D eigenvalue weighted by Gasteiger charge is -2.14. The highest BCUT2D eigenvalue weighted by Crippen LogP contribution is 2.20. The zero-order chi connectivity index (χ0) is 16.5. The minimum atomic E-state index is -0.250. The zero-order valence-corrected chi connectivity index (χ0v) is 15.0. The van der Waals surface area contributed by atoms with E-state index in [0.717, 1.165) is 19.6 Å². The molecule has 1 fully saturated rings. The van der Waals surface area contributed by atoms with Crippen molar-refractivity contribution in [3.8, 4) is 0 Å². The van der Waals surface area contributed by atoms with Gasteiger partial charge >= 0.3 is 0 Å². The van der Waals surface area contributed by atoms with Gasteiger partial charge in [-0.15, -0.1) is 22.7 Å². The van der Waals surface area contributed by atoms with Crippen molar-refractivity contribution in [2.75, 3.05) is 20.1 Å². The minimum Gasteiger partial charge on any atom is -0.483 e. The second-order valence-corrected chi connectivity index (χ2v) is 7.58. The molecule has 0 unspecified atom stereocenters. The maximum Gasteiger partial charge on any atom is 0.290 e. The molecule has 1 aliphatic rings. The Morgan fingerprint density at radius 3 is 2.74 bits per heavy atom. The summed E-state index contributed by atoms with van der Waals surface area (Å²) in [5.41, 5.74) is 1.48. The number of hydrogen-bond donors (Lipinski definition) is 1. The number of rotatable bonds is 6. The highest BCUT2D eigenvalue weighted by molar-refractivity contribution is 7.10. The molecule has 7 heteroatoms. The minimum absolute atomic E-state index is 0.250. The van der Waals surface area contributed by atoms with Crippen molar-refractivity contribution in [2.45, 2.75) is 32.5 Å². The summed E-state index contributed by atoms with van der Waals surface area (Å²) >= 11 is 3.62. The maximum absolute atomic E-state index is 8.36. The van der Waals surface area contributed by atoms with E-state index in [9.17, 15) is 0 Å². The quantitative estimate of drug-likeness (QED) is 0.809. The van der Waals surface area contributed by atoms with Crippen molar-refractivity contribution in [1.29, 1.82) is 0 Å². The standard InChI is InChI=1S/C15H21N3S2.CH2O2/c1-17(11-15-16-4-7-19-15)10-14-8-13(12-20-14)9-18-5-2-3-6-18;2-1-3/h4,7-8,12H,2-3,5-6,9-11H2,1H3;1H,(H,2,3). The van der Waals surface area contributed by atoms with Crippen LogP contribution < -0.4 is 0 Å². The third kappa shape index (κ3) is 6.39. The van der Waals surface area contributed by atoms with Gasteiger partial charge in [-0.3, -0.25) is 14.6 Å². The first kappa shape index (κ1) is 18.1. The van der Waals surface area contributed by atoms with Crippen molar-refractivity contribution in [1.82, 2.24) is 14.8 Å². The lowest BCUT2D eigenvalue weighted by atomic mass is 10.3. The summed E-state index contributed by atoms with van der Waals surface area (Å²) in [5.74, 6) is 0. The average Bonchev–Trinajstić information content (AvgIpc) is 3.23. The van der Waals surface area contributed by atoms with Gasteiger partial charge in [0.05, 0.1) is 6.54 Å². The second-order valence-electron chi connectivity index (χ2n) is 5.61. The Bertz CT molecular complexity index is 566. The Morgan fingerprint density at radius 2 is 2.09 bits per heavy atom. The molecule has 0 radical (unpaired) electrons. The summed E-state index contributed by atoms with van der Waals surface area (Å²) in [7, 11) is 2.17. The van der Waals surface area contributed by atoms with Crippen LogP contribution >= 0.6 is 22.7 Å². The van der Waals surface area contributed by atoms with Gasteiger partial charge in [0.15, 0.2) is 0 Å². The van der Waals surface area contributed by atoms with Crippen LogP contribution in [0, 0.1) is 0 Å². The molecule has 1 aliphatic heterocycles. The van der Waals surface area contributed by atoms with E-state index in [1.165, 1.54) is 41.4 Å². The molecule has 0 aromatic carbocycles. The first-order valence-corrected chi connectivity index (χ1v) is 9.40. The van der Waals surface area contributed by atoms with Gasteiger partial charge in [0, 0.05) is 29.5 Å². The van der Waals surface area contributed by atoms with E-state index in [1.54, 1.807) is 11.3 Å². The van der Waals surface area contributed by atoms with Crippen LogP contribution in [0.4, 0.5) is 0 Å². The molecule has 2 aromatic heterocycles. The van der Waals surface area contributed by atoms with Crippen LogP contribution in [0.1, 0.15) is 28.3 Å². The van der Waals surface area contributed by atoms with Crippen molar-refractivity contribution >= 4 is 29.1 Å². The Hall–Kier alpha value is -1.28. The number of aromatic nitrogens is 1. The fourth-order valence-corrected chi connectivity index (χ4v) is 4.33. The largest absolute Gasteiger partial charge is 0.483 e. The summed E-state index contributed by atoms with van der Waals surface area (Å²) in [4.78, 5) is 19.1. The molecule has 1 N–H and O–H groups in total. The summed E-state index contributed by atoms with van der Waals surface area (Å²) in [5, 5.41) is 12.5. The van der Waals surface area contributed by atoms with Crippen molar-refractivity contribution < 1.29 is 9.90 Å². The van der Waals surface area contributed by atoms with Crippen LogP contribution in [0.3, 0.4) is 0 Å². The van der Waals surface area contributed by atoms with Gasteiger partial charge in [-0.1, -0.05) is 0 Å². The molecule has 1 saturated heterocycles. The van der Waals surface area contributed by atoms with Crippen LogP contribution in [0.5, 0.6) is 0 Å². The number of nitrogens with zero attached hydrogens (tertiary/aromatic N) is 3. The SMILES string of the molecule is CN(Cc1cc(CN2CCCC2)cs1)Cc1nccs1.O=CO. The molecule has 0 spiro atoms. The monoisotopic (exact) mass is 353 g/mol. The summed E-state index contributed by atoms with van der Waals surface area (Å²) < 4.78 is 0. The highest BCUT2D eigenvalue weighted by Gasteiger charge is 2.13. The molecule has 3 rings (SSSR count). The van der Waals surface area contributed by atoms with Crippen molar-refractivity contribution in [3.63, 3.8) is 0 Å². The van der Waals surface area contributed by atoms with E-state index in [2.05, 4.69) is 33.3 Å². The predicted molar refractivity (Wildman–Crippen MR) is 94.8 cm³/mol. The van der Waals surface area contributed by atoms with E-state index in [-0.39, 0.29) is 6.47 Å². The summed E-state index contributed by atoms with van der Waals surface area (Å²) in [6.45, 7) is 5.39. The lowest BCUT2D eigenvalue weighted by Crippen LogP contribution is -2.18. The molecule has 0 atom stereocenters. The van der Waals surface area contributed by atoms with Crippen molar-refractivity contribution in [3.05, 3.63) is 38.5 Å². The van der Waals surface area contributed by atoms with E-state index >= 15 is 0 Å². The number of thiophene rings is 1. The molecule has 0 bridgehead atoms. The predicted octanol–water partition coefficient (Wildman–Crippen LogP) is 3.13. The zero-order valence-electron chi connectivity index (χ0n) is 13.4. The van der Waals surface area contributed by atoms with E-state index in [4.69, 9.17) is 9.90 Å². The molecule has 2 aromatic rings. The summed E-state index contributed by atoms with van der Waals surface area (Å²) in [6.07, 6.45) is 4.62. The topological polar surface area (TPSA) is 56.7 Å². The van der Waals surface area contributed by atoms with Crippen molar-refractivity contribution in [2.24, 2.45) is 0 Å². The second kappa shape index (κ2) is 9.77. The number of thiazole rings is 1. The first-order chi connectivity index (χ1) is 11.2. The van der Waals surface area contributed by atoms with Crippen LogP contribution in [-0.2, 0) is 24.4 Å². The van der Waals surface area contributed by atoms with E-state index in [0.29, 0.717) is 0 Å². The van der Waals surface area contributed by atoms with Gasteiger partial charge in [0.2, 0.25) is 0 Å². The third-order valence-corrected chi connectivity index (χ3v) is 5.36. The van der Waals surface area contributed by atoms with Gasteiger partial charge in [-0.2, -0.15) is 0 Å². The van der Waals surface area contributed by atoms with Gasteiger partial charge in [0.1, 0.15) is 5.01 Å². The van der Waals surface area contributed by atoms with Gasteiger partial charge in [-0.05, 0) is 50.0 Å². The van der Waals surface area contributed by atoms with Crippen LogP contribution in [-0.4, -0.2) is 46.5 Å². The number of hydrogen-bond acceptors (Lipinski definition) is 6. The molecule has 0 amide bonds.